The molecule has 1 aliphatic carbocycles. The van der Waals surface area contributed by atoms with Gasteiger partial charge in [-0.1, -0.05) is 0 Å². The van der Waals surface area contributed by atoms with Gasteiger partial charge in [-0.15, -0.1) is 0 Å². The fourth-order valence-electron chi connectivity index (χ4n) is 3.09. The molecule has 4 heteroatoms. The van der Waals surface area contributed by atoms with Gasteiger partial charge in [0.25, 0.3) is 0 Å². The number of fused-ring (bicyclic) bond motifs is 2. The molecule has 0 amide bonds. The molecule has 2 fully saturated rings. The first-order chi connectivity index (χ1) is 6.93. The van der Waals surface area contributed by atoms with Crippen molar-refractivity contribution in [1.29, 1.82) is 0 Å². The summed E-state index contributed by atoms with van der Waals surface area (Å²) in [6.45, 7) is 6.17. The van der Waals surface area contributed by atoms with Crippen LogP contribution in [-0.4, -0.2) is 40.6 Å². The fraction of sp³-hybridized carbons (Fsp3) is 0.909. The molecule has 2 rings (SSSR count). The Bertz CT molecular complexity index is 280. The zero-order chi connectivity index (χ0) is 11.2. The number of carboxylic acids is 1. The van der Waals surface area contributed by atoms with E-state index in [1.54, 1.807) is 0 Å². The molecule has 0 aromatic heterocycles. The van der Waals surface area contributed by atoms with Crippen LogP contribution in [0.1, 0.15) is 26.7 Å². The quantitative estimate of drug-likeness (QED) is 0.700. The van der Waals surface area contributed by atoms with E-state index in [1.807, 2.05) is 0 Å². The van der Waals surface area contributed by atoms with Crippen molar-refractivity contribution in [2.45, 2.75) is 38.3 Å². The summed E-state index contributed by atoms with van der Waals surface area (Å²) in [5.74, 6) is -0.205. The molecular weight excluding hydrogens is 192 g/mol. The van der Waals surface area contributed by atoms with Crippen molar-refractivity contribution in [3.63, 3.8) is 0 Å². The summed E-state index contributed by atoms with van der Waals surface area (Å²) >= 11 is 0. The summed E-state index contributed by atoms with van der Waals surface area (Å²) in [6.07, 6.45) is 1.64. The summed E-state index contributed by atoms with van der Waals surface area (Å²) in [4.78, 5) is 13.6. The Kier molecular flexibility index (Phi) is 2.51. The van der Waals surface area contributed by atoms with E-state index in [2.05, 4.69) is 18.7 Å². The number of likely N-dealkylation sites (tertiary alicyclic amines) is 1. The zero-order valence-corrected chi connectivity index (χ0v) is 9.44. The lowest BCUT2D eigenvalue weighted by molar-refractivity contribution is -0.144. The minimum atomic E-state index is -0.964. The Hall–Kier alpha value is -0.610. The Morgan fingerprint density at radius 3 is 2.73 bits per heavy atom. The zero-order valence-electron chi connectivity index (χ0n) is 9.44. The van der Waals surface area contributed by atoms with Gasteiger partial charge in [0.15, 0.2) is 0 Å². The standard InChI is InChI=1S/C11H20N2O2/c1-7(2)13-5-8-3-9(6-13)11(12,4-8)10(14)15/h7-9H,3-6,12H2,1-2H3,(H,14,15). The molecule has 0 aromatic carbocycles. The first kappa shape index (κ1) is 10.9. The summed E-state index contributed by atoms with van der Waals surface area (Å²) in [5, 5.41) is 9.20. The molecule has 1 heterocycles. The van der Waals surface area contributed by atoms with E-state index in [9.17, 15) is 9.90 Å². The van der Waals surface area contributed by atoms with Crippen LogP contribution in [0.5, 0.6) is 0 Å². The van der Waals surface area contributed by atoms with Crippen molar-refractivity contribution in [3.05, 3.63) is 0 Å². The van der Waals surface area contributed by atoms with Gasteiger partial charge >= 0.3 is 5.97 Å². The number of piperidine rings is 1. The lowest BCUT2D eigenvalue weighted by Gasteiger charge is -2.36. The van der Waals surface area contributed by atoms with Gasteiger partial charge in [-0.3, -0.25) is 4.79 Å². The predicted molar refractivity (Wildman–Crippen MR) is 57.5 cm³/mol. The number of rotatable bonds is 2. The molecule has 0 radical (unpaired) electrons. The molecule has 3 unspecified atom stereocenters. The highest BCUT2D eigenvalue weighted by atomic mass is 16.4. The Balaban J connectivity index is 2.16. The average Bonchev–Trinajstić information content (AvgIpc) is 2.38. The van der Waals surface area contributed by atoms with Crippen LogP contribution in [0.4, 0.5) is 0 Å². The van der Waals surface area contributed by atoms with E-state index in [0.717, 1.165) is 19.5 Å². The van der Waals surface area contributed by atoms with E-state index >= 15 is 0 Å². The summed E-state index contributed by atoms with van der Waals surface area (Å²) in [7, 11) is 0. The minimum absolute atomic E-state index is 0.135. The second-order valence-electron chi connectivity index (χ2n) is 5.40. The lowest BCUT2D eigenvalue weighted by Crippen LogP contribution is -2.54. The number of aliphatic carboxylic acids is 1. The second-order valence-corrected chi connectivity index (χ2v) is 5.40. The van der Waals surface area contributed by atoms with Gasteiger partial charge in [-0.05, 0) is 32.6 Å². The van der Waals surface area contributed by atoms with Gasteiger partial charge in [0, 0.05) is 25.0 Å². The highest BCUT2D eigenvalue weighted by Gasteiger charge is 2.53. The van der Waals surface area contributed by atoms with Crippen molar-refractivity contribution in [2.24, 2.45) is 17.6 Å². The van der Waals surface area contributed by atoms with Crippen LogP contribution in [-0.2, 0) is 4.79 Å². The maximum absolute atomic E-state index is 11.2. The largest absolute Gasteiger partial charge is 0.480 e. The topological polar surface area (TPSA) is 66.6 Å². The molecular formula is C11H20N2O2. The van der Waals surface area contributed by atoms with E-state index in [1.165, 1.54) is 0 Å². The SMILES string of the molecule is CC(C)N1CC2CC(C1)C(N)(C(=O)O)C2. The van der Waals surface area contributed by atoms with E-state index < -0.39 is 11.5 Å². The smallest absolute Gasteiger partial charge is 0.324 e. The van der Waals surface area contributed by atoms with Gasteiger partial charge in [0.2, 0.25) is 0 Å². The molecule has 2 bridgehead atoms. The molecule has 86 valence electrons. The molecule has 0 spiro atoms. The van der Waals surface area contributed by atoms with Crippen LogP contribution in [0.25, 0.3) is 0 Å². The lowest BCUT2D eigenvalue weighted by atomic mass is 9.87. The van der Waals surface area contributed by atoms with E-state index in [0.29, 0.717) is 18.4 Å². The first-order valence-corrected chi connectivity index (χ1v) is 5.70. The van der Waals surface area contributed by atoms with Crippen LogP contribution in [0.15, 0.2) is 0 Å². The van der Waals surface area contributed by atoms with Gasteiger partial charge in [-0.2, -0.15) is 0 Å². The third-order valence-electron chi connectivity index (χ3n) is 4.05. The van der Waals surface area contributed by atoms with Crippen LogP contribution in [0.2, 0.25) is 0 Å². The number of nitrogens with two attached hydrogens (primary N) is 1. The molecule has 1 saturated carbocycles. The molecule has 2 aliphatic rings. The fourth-order valence-corrected chi connectivity index (χ4v) is 3.09. The predicted octanol–water partition coefficient (Wildman–Crippen LogP) is 0.519. The van der Waals surface area contributed by atoms with Crippen molar-refractivity contribution in [3.8, 4) is 0 Å². The summed E-state index contributed by atoms with van der Waals surface area (Å²) in [6, 6.07) is 0.492. The highest BCUT2D eigenvalue weighted by molar-refractivity contribution is 5.79. The van der Waals surface area contributed by atoms with Gasteiger partial charge in [0.05, 0.1) is 0 Å². The van der Waals surface area contributed by atoms with Crippen molar-refractivity contribution >= 4 is 5.97 Å². The maximum atomic E-state index is 11.2. The molecule has 15 heavy (non-hydrogen) atoms. The van der Waals surface area contributed by atoms with E-state index in [4.69, 9.17) is 5.73 Å². The molecule has 4 nitrogen and oxygen atoms in total. The first-order valence-electron chi connectivity index (χ1n) is 5.70. The molecule has 1 saturated heterocycles. The Morgan fingerprint density at radius 1 is 1.53 bits per heavy atom. The third-order valence-corrected chi connectivity index (χ3v) is 4.05. The summed E-state index contributed by atoms with van der Waals surface area (Å²) in [5.41, 5.74) is 5.06. The van der Waals surface area contributed by atoms with E-state index in [-0.39, 0.29) is 5.92 Å². The van der Waals surface area contributed by atoms with Crippen LogP contribution in [0, 0.1) is 11.8 Å². The average molecular weight is 212 g/mol. The van der Waals surface area contributed by atoms with Gasteiger partial charge < -0.3 is 15.7 Å². The van der Waals surface area contributed by atoms with Crippen molar-refractivity contribution in [1.82, 2.24) is 4.90 Å². The normalized spacial score (nSPS) is 41.1. The second kappa shape index (κ2) is 3.46. The molecule has 3 atom stereocenters. The Morgan fingerprint density at radius 2 is 2.20 bits per heavy atom. The monoisotopic (exact) mass is 212 g/mol. The van der Waals surface area contributed by atoms with Crippen molar-refractivity contribution < 1.29 is 9.90 Å². The number of hydrogen-bond donors (Lipinski definition) is 2. The number of nitrogens with zero attached hydrogens (tertiary/aromatic N) is 1. The van der Waals surface area contributed by atoms with Crippen LogP contribution < -0.4 is 5.73 Å². The number of carbonyl (C=O) groups is 1. The highest BCUT2D eigenvalue weighted by Crippen LogP contribution is 2.43. The third kappa shape index (κ3) is 1.66. The molecule has 3 N–H and O–H groups in total. The number of hydrogen-bond acceptors (Lipinski definition) is 3. The van der Waals surface area contributed by atoms with Gasteiger partial charge in [-0.25, -0.2) is 0 Å². The number of carboxylic acid groups (broad SMARTS) is 1. The van der Waals surface area contributed by atoms with Gasteiger partial charge in [0.1, 0.15) is 5.54 Å². The molecule has 1 aliphatic heterocycles. The molecule has 0 aromatic rings. The maximum Gasteiger partial charge on any atom is 0.324 e. The van der Waals surface area contributed by atoms with Crippen LogP contribution >= 0.6 is 0 Å². The Labute approximate surface area is 90.4 Å². The van der Waals surface area contributed by atoms with Crippen LogP contribution in [0.3, 0.4) is 0 Å². The minimum Gasteiger partial charge on any atom is -0.480 e. The van der Waals surface area contributed by atoms with Crippen molar-refractivity contribution in [2.75, 3.05) is 13.1 Å². The summed E-state index contributed by atoms with van der Waals surface area (Å²) < 4.78 is 0.